The Morgan fingerprint density at radius 3 is 1.69 bits per heavy atom. The van der Waals surface area contributed by atoms with Gasteiger partial charge in [0.05, 0.1) is 39.1 Å². The van der Waals surface area contributed by atoms with Crippen molar-refractivity contribution in [2.45, 2.75) is 136 Å². The second-order valence-electron chi connectivity index (χ2n) is 21.3. The van der Waals surface area contributed by atoms with Gasteiger partial charge in [-0.3, -0.25) is 0 Å². The first-order chi connectivity index (χ1) is 42.9. The Kier molecular flexibility index (Phi) is 21.3. The van der Waals surface area contributed by atoms with E-state index >= 15 is 0 Å². The Morgan fingerprint density at radius 2 is 1.08 bits per heavy atom. The van der Waals surface area contributed by atoms with Crippen molar-refractivity contribution in [1.29, 1.82) is 0 Å². The molecular formula is C59H68O31. The number of aromatic hydroxyl groups is 4. The number of benzene rings is 4. The summed E-state index contributed by atoms with van der Waals surface area (Å²) < 4.78 is 74.2. The van der Waals surface area contributed by atoms with E-state index in [-0.39, 0.29) is 51.4 Å². The van der Waals surface area contributed by atoms with Crippen LogP contribution in [0.15, 0.2) is 84.6 Å². The van der Waals surface area contributed by atoms with Gasteiger partial charge in [0.25, 0.3) is 0 Å². The van der Waals surface area contributed by atoms with Crippen LogP contribution in [0.5, 0.6) is 51.7 Å². The normalized spacial score (nSPS) is 33.5. The minimum Gasteiger partial charge on any atom is -0.508 e. The minimum atomic E-state index is -2.02. The summed E-state index contributed by atoms with van der Waals surface area (Å²) in [5, 5.41) is 170. The number of esters is 2. The Morgan fingerprint density at radius 1 is 0.533 bits per heavy atom. The Bertz CT molecular complexity index is 3200. The number of phenols is 4. The Balaban J connectivity index is 0.815. The highest BCUT2D eigenvalue weighted by Gasteiger charge is 2.51. The number of carbonyl (C=O) groups excluding carboxylic acids is 2. The highest BCUT2D eigenvalue weighted by Crippen LogP contribution is 2.48. The number of carbonyl (C=O) groups is 2. The Labute approximate surface area is 510 Å². The molecule has 5 aliphatic heterocycles. The second-order valence-corrected chi connectivity index (χ2v) is 21.3. The topological polar surface area (TPSA) is 478 Å². The molecular weight excluding hydrogens is 1200 g/mol. The summed E-state index contributed by atoms with van der Waals surface area (Å²) in [6.07, 6.45) is -29.8. The van der Waals surface area contributed by atoms with Crippen molar-refractivity contribution in [2.24, 2.45) is 0 Å². The molecule has 31 nitrogen and oxygen atoms in total. The highest BCUT2D eigenvalue weighted by atomic mass is 16.7. The van der Waals surface area contributed by atoms with Gasteiger partial charge in [0, 0.05) is 29.8 Å². The van der Waals surface area contributed by atoms with Crippen LogP contribution in [0.2, 0.25) is 0 Å². The van der Waals surface area contributed by atoms with Crippen molar-refractivity contribution in [2.75, 3.05) is 34.0 Å². The van der Waals surface area contributed by atoms with Gasteiger partial charge in [-0.25, -0.2) is 9.59 Å². The van der Waals surface area contributed by atoms with Gasteiger partial charge >= 0.3 is 11.9 Å². The molecule has 0 spiro atoms. The number of phenolic OH excluding ortho intramolecular Hbond substituents is 4. The summed E-state index contributed by atoms with van der Waals surface area (Å²) in [5.74, 6) is -4.27. The lowest BCUT2D eigenvalue weighted by Gasteiger charge is -2.43. The summed E-state index contributed by atoms with van der Waals surface area (Å²) in [7, 11) is 2.51. The van der Waals surface area contributed by atoms with Crippen LogP contribution >= 0.6 is 0 Å². The number of aliphatic hydroxyl groups excluding tert-OH is 12. The molecule has 31 heteroatoms. The van der Waals surface area contributed by atoms with Gasteiger partial charge in [-0.1, -0.05) is 18.2 Å². The van der Waals surface area contributed by atoms with Crippen LogP contribution < -0.4 is 23.7 Å². The van der Waals surface area contributed by atoms with E-state index < -0.39 is 178 Å². The van der Waals surface area contributed by atoms with Crippen LogP contribution in [0.1, 0.15) is 35.3 Å². The molecule has 0 amide bonds. The smallest absolute Gasteiger partial charge is 0.331 e. The van der Waals surface area contributed by atoms with Crippen molar-refractivity contribution < 1.29 is 153 Å². The van der Waals surface area contributed by atoms with Gasteiger partial charge in [0.1, 0.15) is 121 Å². The molecule has 90 heavy (non-hydrogen) atoms. The van der Waals surface area contributed by atoms with E-state index in [1.807, 2.05) is 0 Å². The number of rotatable bonds is 20. The molecule has 4 aromatic rings. The Hall–Kier alpha value is -7.64. The number of ether oxygens (including phenoxy) is 13. The first kappa shape index (κ1) is 66.8. The van der Waals surface area contributed by atoms with Crippen LogP contribution in [-0.4, -0.2) is 251 Å². The van der Waals surface area contributed by atoms with Crippen LogP contribution in [0, 0.1) is 0 Å². The van der Waals surface area contributed by atoms with Gasteiger partial charge in [0.2, 0.25) is 24.6 Å². The maximum Gasteiger partial charge on any atom is 0.331 e. The molecule has 4 aromatic carbocycles. The zero-order valence-corrected chi connectivity index (χ0v) is 47.8. The molecule has 0 saturated carbocycles. The van der Waals surface area contributed by atoms with Gasteiger partial charge < -0.3 is 143 Å². The summed E-state index contributed by atoms with van der Waals surface area (Å²) in [5.41, 5.74) is 0.878. The third-order valence-electron chi connectivity index (χ3n) is 15.2. The molecule has 9 rings (SSSR count). The van der Waals surface area contributed by atoms with E-state index in [2.05, 4.69) is 0 Å². The molecule has 490 valence electrons. The van der Waals surface area contributed by atoms with Gasteiger partial charge in [0.15, 0.2) is 41.5 Å². The minimum absolute atomic E-state index is 0.0341. The van der Waals surface area contributed by atoms with E-state index in [0.717, 1.165) is 18.2 Å². The van der Waals surface area contributed by atoms with E-state index in [0.29, 0.717) is 11.1 Å². The highest BCUT2D eigenvalue weighted by molar-refractivity contribution is 5.88. The molecule has 0 aliphatic carbocycles. The molecule has 5 aliphatic rings. The largest absolute Gasteiger partial charge is 0.508 e. The van der Waals surface area contributed by atoms with Crippen LogP contribution in [0.25, 0.3) is 18.2 Å². The van der Waals surface area contributed by atoms with E-state index in [4.69, 9.17) is 61.6 Å². The zero-order chi connectivity index (χ0) is 65.0. The maximum atomic E-state index is 13.1. The number of fused-ring (bicyclic) bond motifs is 1. The number of methoxy groups -OCH3 is 2. The number of hydrogen-bond donors (Lipinski definition) is 16. The third kappa shape index (κ3) is 14.7. The second kappa shape index (κ2) is 28.7. The van der Waals surface area contributed by atoms with Crippen molar-refractivity contribution in [3.05, 3.63) is 107 Å². The predicted octanol–water partition coefficient (Wildman–Crippen LogP) is -2.44. The molecule has 21 atom stereocenters. The van der Waals surface area contributed by atoms with Crippen molar-refractivity contribution in [1.82, 2.24) is 0 Å². The monoisotopic (exact) mass is 1270 g/mol. The lowest BCUT2D eigenvalue weighted by molar-refractivity contribution is -0.325. The molecule has 5 heterocycles. The quantitative estimate of drug-likeness (QED) is 0.0248. The predicted molar refractivity (Wildman–Crippen MR) is 298 cm³/mol. The molecule has 16 N–H and O–H groups in total. The van der Waals surface area contributed by atoms with E-state index in [1.54, 1.807) is 0 Å². The summed E-state index contributed by atoms with van der Waals surface area (Å²) >= 11 is 0. The van der Waals surface area contributed by atoms with Crippen LogP contribution in [-0.2, 0) is 47.5 Å². The third-order valence-corrected chi connectivity index (χ3v) is 15.2. The average molecular weight is 1270 g/mol. The standard InChI is InChI=1S/C59H68O31/c1-23-54(90-41(65)13-7-24-4-9-28(10-5-24)83-57-50(74)47(71)44(68)38(88-57)21-80-40(64)12-8-25-6-11-30(62)31(63)14-25)49(73)53(77)56(82-23)81-22-39-45(69)48(72)52(76)59(89-39)86-36-19-29-32(84-55(36)26-15-34(78-2)42(66)35(16-26)79-3)17-27(61)18-33(29)85-58-51(75)46(70)43(67)37(20-60)87-58/h4-19,23,37-39,43-63,66-77H,20-22H2,1-3H3. The van der Waals surface area contributed by atoms with Crippen LogP contribution in [0.4, 0.5) is 0 Å². The first-order valence-corrected chi connectivity index (χ1v) is 27.8. The average Bonchev–Trinajstić information content (AvgIpc) is 0.782. The fourth-order valence-corrected chi connectivity index (χ4v) is 10.1. The van der Waals surface area contributed by atoms with Crippen LogP contribution in [0.3, 0.4) is 0 Å². The molecule has 0 bridgehead atoms. The molecule has 0 radical (unpaired) electrons. The van der Waals surface area contributed by atoms with E-state index in [1.165, 1.54) is 100 Å². The van der Waals surface area contributed by atoms with Gasteiger partial charge in [-0.2, -0.15) is 0 Å². The summed E-state index contributed by atoms with van der Waals surface area (Å²) in [6.45, 7) is -0.692. The lowest BCUT2D eigenvalue weighted by Crippen LogP contribution is -2.61. The fourth-order valence-electron chi connectivity index (χ4n) is 10.1. The summed E-state index contributed by atoms with van der Waals surface area (Å²) in [6, 6.07) is 14.5. The molecule has 4 fully saturated rings. The molecule has 0 aromatic heterocycles. The zero-order valence-electron chi connectivity index (χ0n) is 47.8. The lowest BCUT2D eigenvalue weighted by atomic mass is 9.97. The van der Waals surface area contributed by atoms with Crippen molar-refractivity contribution >= 4 is 30.2 Å². The number of aliphatic hydroxyl groups is 12. The molecule has 21 unspecified atom stereocenters. The fraction of sp³-hybridized carbons (Fsp3) is 0.458. The number of hydrogen-bond acceptors (Lipinski definition) is 31. The summed E-state index contributed by atoms with van der Waals surface area (Å²) in [4.78, 5) is 25.5. The van der Waals surface area contributed by atoms with Crippen molar-refractivity contribution in [3.63, 3.8) is 0 Å². The van der Waals surface area contributed by atoms with Crippen molar-refractivity contribution in [3.8, 4) is 51.7 Å². The van der Waals surface area contributed by atoms with Gasteiger partial charge in [-0.15, -0.1) is 0 Å². The maximum absolute atomic E-state index is 13.1. The van der Waals surface area contributed by atoms with E-state index in [9.17, 15) is 91.3 Å². The SMILES string of the molecule is COc1cc(C2Oc3cc(O)cc(OC4OC(CO)C(O)C(O)C4O)c3C=C2OC2OC(COC3OC(C)C(OC(=O)C=Cc4ccc(OC5OC(COC(=O)C=Cc6ccc(O)c(O)c6)C(O)C(O)C5O)cc4)C(O)C3O)C(O)C(O)C2O)cc(OC)c1O. The molecule has 4 saturated heterocycles. The van der Waals surface area contributed by atoms with Gasteiger partial charge in [-0.05, 0) is 72.7 Å². The first-order valence-electron chi connectivity index (χ1n) is 27.8.